The first-order chi connectivity index (χ1) is 22.0. The van der Waals surface area contributed by atoms with Gasteiger partial charge in [-0.25, -0.2) is 18.8 Å². The first-order valence-corrected chi connectivity index (χ1v) is 15.2. The number of urea groups is 1. The van der Waals surface area contributed by atoms with Gasteiger partial charge in [0.25, 0.3) is 5.56 Å². The summed E-state index contributed by atoms with van der Waals surface area (Å²) in [6.45, 7) is 1.95. The van der Waals surface area contributed by atoms with Crippen LogP contribution in [0.4, 0.5) is 19.7 Å². The number of anilines is 1. The van der Waals surface area contributed by atoms with Crippen LogP contribution in [0.5, 0.6) is 5.75 Å². The maximum absolute atomic E-state index is 14.3. The number of benzene rings is 2. The molecule has 3 heterocycles. The highest BCUT2D eigenvalue weighted by atomic mass is 35.5. The van der Waals surface area contributed by atoms with Crippen molar-refractivity contribution in [2.75, 3.05) is 38.6 Å². The van der Waals surface area contributed by atoms with Gasteiger partial charge in [0.1, 0.15) is 18.1 Å². The van der Waals surface area contributed by atoms with E-state index >= 15 is 0 Å². The van der Waals surface area contributed by atoms with Crippen molar-refractivity contribution in [3.05, 3.63) is 79.8 Å². The monoisotopic (exact) mass is 656 g/mol. The number of carboxylic acid groups (broad SMARTS) is 1. The molecular formula is C31H34ClFN6O7. The van der Waals surface area contributed by atoms with Gasteiger partial charge in [0, 0.05) is 49.7 Å². The summed E-state index contributed by atoms with van der Waals surface area (Å²) in [4.78, 5) is 68.0. The maximum Gasteiger partial charge on any atom is 0.404 e. The van der Waals surface area contributed by atoms with Crippen LogP contribution in [-0.4, -0.2) is 81.4 Å². The Morgan fingerprint density at radius 2 is 1.87 bits per heavy atom. The number of carbonyl (C=O) groups is 3. The Kier molecular flexibility index (Phi) is 9.65. The Bertz CT molecular complexity index is 1790. The van der Waals surface area contributed by atoms with Crippen molar-refractivity contribution in [2.24, 2.45) is 0 Å². The Morgan fingerprint density at radius 1 is 1.13 bits per heavy atom. The molecule has 3 N–H and O–H groups in total. The first-order valence-electron chi connectivity index (χ1n) is 14.8. The van der Waals surface area contributed by atoms with E-state index in [1.165, 1.54) is 25.3 Å². The predicted octanol–water partition coefficient (Wildman–Crippen LogP) is 3.39. The van der Waals surface area contributed by atoms with Crippen LogP contribution in [0, 0.1) is 5.82 Å². The lowest BCUT2D eigenvalue weighted by Crippen LogP contribution is -2.51. The number of halogens is 2. The molecule has 1 unspecified atom stereocenters. The molecule has 1 fully saturated rings. The van der Waals surface area contributed by atoms with Crippen LogP contribution in [0.1, 0.15) is 31.4 Å². The van der Waals surface area contributed by atoms with E-state index in [1.54, 1.807) is 23.0 Å². The van der Waals surface area contributed by atoms with Gasteiger partial charge in [-0.2, -0.15) is 0 Å². The van der Waals surface area contributed by atoms with E-state index < -0.39 is 41.7 Å². The predicted molar refractivity (Wildman–Crippen MR) is 168 cm³/mol. The second kappa shape index (κ2) is 13.6. The largest absolute Gasteiger partial charge is 0.497 e. The molecule has 0 spiro atoms. The number of hydrogen-bond acceptors (Lipinski definition) is 6. The van der Waals surface area contributed by atoms with Crippen molar-refractivity contribution in [1.82, 2.24) is 24.3 Å². The fraction of sp³-hybridized carbons (Fsp3) is 0.387. The van der Waals surface area contributed by atoms with Crippen LogP contribution in [0.3, 0.4) is 0 Å². The fourth-order valence-corrected chi connectivity index (χ4v) is 6.15. The summed E-state index contributed by atoms with van der Waals surface area (Å²) < 4.78 is 21.5. The van der Waals surface area contributed by atoms with E-state index in [-0.39, 0.29) is 34.8 Å². The molecule has 244 valence electrons. The number of carbonyl (C=O) groups excluding carboxylic acids is 2. The molecule has 5 rings (SSSR count). The van der Waals surface area contributed by atoms with E-state index in [0.29, 0.717) is 44.6 Å². The van der Waals surface area contributed by atoms with Gasteiger partial charge in [-0.15, -0.1) is 0 Å². The number of aromatic nitrogens is 2. The second-order valence-electron chi connectivity index (χ2n) is 11.3. The summed E-state index contributed by atoms with van der Waals surface area (Å²) in [5, 5.41) is 13.8. The van der Waals surface area contributed by atoms with Crippen LogP contribution < -0.4 is 26.6 Å². The average Bonchev–Trinajstić information content (AvgIpc) is 3.20. The lowest BCUT2D eigenvalue weighted by Gasteiger charge is -2.38. The van der Waals surface area contributed by atoms with Crippen molar-refractivity contribution >= 4 is 35.3 Å². The van der Waals surface area contributed by atoms with Gasteiger partial charge in [0.2, 0.25) is 5.91 Å². The van der Waals surface area contributed by atoms with Gasteiger partial charge < -0.3 is 30.3 Å². The molecule has 4 amide bonds. The zero-order valence-electron chi connectivity index (χ0n) is 25.3. The number of likely N-dealkylation sites (tertiary alicyclic amines) is 1. The molecule has 0 radical (unpaired) electrons. The molecule has 1 saturated heterocycles. The van der Waals surface area contributed by atoms with Crippen LogP contribution in [0.15, 0.2) is 52.2 Å². The van der Waals surface area contributed by atoms with E-state index in [1.807, 2.05) is 12.1 Å². The SMILES string of the molecule is COc1ccc2c(c1)CCN(C1CCN(C(=O)Cn3cc(-c4cccc(F)c4Cl)c(=O)n(C(C)CNC(=O)O)c3=O)CC1)C(=O)N2. The number of nitrogens with one attached hydrogen (secondary N) is 2. The smallest absolute Gasteiger partial charge is 0.404 e. The van der Waals surface area contributed by atoms with Gasteiger partial charge in [-0.05, 0) is 56.0 Å². The Labute approximate surface area is 268 Å². The minimum atomic E-state index is -1.34. The van der Waals surface area contributed by atoms with E-state index in [0.717, 1.165) is 26.5 Å². The first kappa shape index (κ1) is 32.5. The molecule has 15 heteroatoms. The van der Waals surface area contributed by atoms with Crippen molar-refractivity contribution < 1.29 is 28.6 Å². The fourth-order valence-electron chi connectivity index (χ4n) is 5.92. The molecule has 2 aromatic carbocycles. The zero-order chi connectivity index (χ0) is 33.1. The van der Waals surface area contributed by atoms with Gasteiger partial charge in [-0.1, -0.05) is 23.7 Å². The molecule has 2 aliphatic heterocycles. The van der Waals surface area contributed by atoms with Crippen molar-refractivity contribution in [3.8, 4) is 16.9 Å². The summed E-state index contributed by atoms with van der Waals surface area (Å²) in [6.07, 6.45) is 1.52. The van der Waals surface area contributed by atoms with Gasteiger partial charge >= 0.3 is 17.8 Å². The Hall–Kier alpha value is -4.85. The van der Waals surface area contributed by atoms with E-state index in [4.69, 9.17) is 21.4 Å². The number of piperidine rings is 1. The highest BCUT2D eigenvalue weighted by Gasteiger charge is 2.32. The molecule has 13 nitrogen and oxygen atoms in total. The molecule has 3 aromatic rings. The molecule has 2 aliphatic rings. The minimum Gasteiger partial charge on any atom is -0.497 e. The third-order valence-corrected chi connectivity index (χ3v) is 8.80. The number of ether oxygens (including phenoxy) is 1. The molecule has 46 heavy (non-hydrogen) atoms. The second-order valence-corrected chi connectivity index (χ2v) is 11.7. The van der Waals surface area contributed by atoms with E-state index in [2.05, 4.69) is 10.6 Å². The number of amides is 4. The topological polar surface area (TPSA) is 155 Å². The maximum atomic E-state index is 14.3. The summed E-state index contributed by atoms with van der Waals surface area (Å²) in [6, 6.07) is 8.17. The number of hydrogen-bond donors (Lipinski definition) is 3. The van der Waals surface area contributed by atoms with Crippen LogP contribution >= 0.6 is 11.6 Å². The van der Waals surface area contributed by atoms with Crippen LogP contribution in [0.2, 0.25) is 5.02 Å². The lowest BCUT2D eigenvalue weighted by atomic mass is 10.0. The minimum absolute atomic E-state index is 0.0251. The molecule has 1 aromatic heterocycles. The molecule has 0 aliphatic carbocycles. The molecular weight excluding hydrogens is 623 g/mol. The van der Waals surface area contributed by atoms with Gasteiger partial charge in [-0.3, -0.25) is 18.7 Å². The van der Waals surface area contributed by atoms with Gasteiger partial charge in [0.15, 0.2) is 0 Å². The van der Waals surface area contributed by atoms with E-state index in [9.17, 15) is 28.4 Å². The summed E-state index contributed by atoms with van der Waals surface area (Å²) >= 11 is 6.18. The zero-order valence-corrected chi connectivity index (χ0v) is 26.1. The third kappa shape index (κ3) is 6.71. The van der Waals surface area contributed by atoms with Crippen molar-refractivity contribution in [3.63, 3.8) is 0 Å². The number of methoxy groups -OCH3 is 1. The highest BCUT2D eigenvalue weighted by Crippen LogP contribution is 2.29. The Morgan fingerprint density at radius 3 is 2.57 bits per heavy atom. The third-order valence-electron chi connectivity index (χ3n) is 8.42. The van der Waals surface area contributed by atoms with Crippen LogP contribution in [0.25, 0.3) is 11.1 Å². The quantitative estimate of drug-likeness (QED) is 0.336. The summed E-state index contributed by atoms with van der Waals surface area (Å²) in [7, 11) is 1.59. The number of nitrogens with zero attached hydrogens (tertiary/aromatic N) is 4. The number of rotatable bonds is 8. The number of fused-ring (bicyclic) bond motifs is 1. The lowest BCUT2D eigenvalue weighted by molar-refractivity contribution is -0.133. The molecule has 1 atom stereocenters. The van der Waals surface area contributed by atoms with Crippen LogP contribution in [-0.2, 0) is 17.8 Å². The normalized spacial score (nSPS) is 15.9. The van der Waals surface area contributed by atoms with Crippen molar-refractivity contribution in [1.29, 1.82) is 0 Å². The Balaban J connectivity index is 1.33. The summed E-state index contributed by atoms with van der Waals surface area (Å²) in [5.74, 6) is -0.456. The van der Waals surface area contributed by atoms with Gasteiger partial charge in [0.05, 0.1) is 23.7 Å². The van der Waals surface area contributed by atoms with Crippen molar-refractivity contribution in [2.45, 2.75) is 44.8 Å². The standard InChI is InChI=1S/C31H34ClFN6O7/c1-18(15-34-30(43)44)39-28(41)23(22-4-3-5-24(33)27(22)32)16-37(31(39)45)17-26(40)36-11-9-20(10-12-36)38-13-8-19-14-21(46-2)6-7-25(19)35-29(38)42/h3-7,14,16,18,20,34H,8-13,15,17H2,1-2H3,(H,35,42)(H,43,44). The molecule has 0 bridgehead atoms. The summed E-state index contributed by atoms with van der Waals surface area (Å²) in [5.41, 5.74) is -0.0263. The highest BCUT2D eigenvalue weighted by molar-refractivity contribution is 6.33. The molecule has 0 saturated carbocycles. The average molecular weight is 657 g/mol.